The lowest BCUT2D eigenvalue weighted by Crippen LogP contribution is -2.39. The number of nitrogens with two attached hydrogens (primary N) is 1. The molecule has 0 spiro atoms. The van der Waals surface area contributed by atoms with Gasteiger partial charge in [0.2, 0.25) is 5.91 Å². The Bertz CT molecular complexity index is 578. The molecule has 0 aromatic heterocycles. The van der Waals surface area contributed by atoms with Crippen molar-refractivity contribution < 1.29 is 14.3 Å². The van der Waals surface area contributed by atoms with Gasteiger partial charge in [0.1, 0.15) is 6.04 Å². The number of methoxy groups -OCH3 is 1. The molecule has 1 aromatic carbocycles. The number of benzene rings is 1. The highest BCUT2D eigenvalue weighted by Crippen LogP contribution is 2.24. The van der Waals surface area contributed by atoms with E-state index in [2.05, 4.69) is 5.32 Å². The number of rotatable bonds is 5. The van der Waals surface area contributed by atoms with Crippen molar-refractivity contribution in [3.63, 3.8) is 0 Å². The standard InChI is InChI=1S/C16H22ClN3O3.ClH/c1-23-10-14(18)15(21)19-11-5-6-12(13(17)9-11)16(22)20-7-3-2-4-8-20;/h5-6,9,14H,2-4,7-8,10,18H2,1H3,(H,19,21);1H. The molecule has 1 unspecified atom stereocenters. The first-order valence-corrected chi connectivity index (χ1v) is 8.05. The minimum atomic E-state index is -0.756. The van der Waals surface area contributed by atoms with Gasteiger partial charge in [-0.1, -0.05) is 11.6 Å². The van der Waals surface area contributed by atoms with Crippen LogP contribution in [0.15, 0.2) is 18.2 Å². The summed E-state index contributed by atoms with van der Waals surface area (Å²) in [6, 6.07) is 4.10. The second-order valence-electron chi connectivity index (χ2n) is 5.60. The molecule has 1 heterocycles. The van der Waals surface area contributed by atoms with Gasteiger partial charge in [0.15, 0.2) is 0 Å². The van der Waals surface area contributed by atoms with Crippen LogP contribution < -0.4 is 11.1 Å². The van der Waals surface area contributed by atoms with Crippen LogP contribution in [0.1, 0.15) is 29.6 Å². The van der Waals surface area contributed by atoms with Crippen LogP contribution in [0.2, 0.25) is 5.02 Å². The molecule has 24 heavy (non-hydrogen) atoms. The van der Waals surface area contributed by atoms with Gasteiger partial charge in [0.25, 0.3) is 5.91 Å². The van der Waals surface area contributed by atoms with Crippen LogP contribution in [0.3, 0.4) is 0 Å². The zero-order valence-corrected chi connectivity index (χ0v) is 15.2. The van der Waals surface area contributed by atoms with E-state index in [1.165, 1.54) is 7.11 Å². The first kappa shape index (κ1) is 20.7. The van der Waals surface area contributed by atoms with E-state index in [0.29, 0.717) is 16.3 Å². The van der Waals surface area contributed by atoms with Gasteiger partial charge >= 0.3 is 0 Å². The Morgan fingerprint density at radius 1 is 1.33 bits per heavy atom. The molecule has 1 aromatic rings. The third-order valence-corrected chi connectivity index (χ3v) is 4.11. The maximum Gasteiger partial charge on any atom is 0.255 e. The summed E-state index contributed by atoms with van der Waals surface area (Å²) >= 11 is 6.21. The second-order valence-corrected chi connectivity index (χ2v) is 6.01. The van der Waals surface area contributed by atoms with Crippen LogP contribution in [0.25, 0.3) is 0 Å². The van der Waals surface area contributed by atoms with Gasteiger partial charge < -0.3 is 20.7 Å². The number of nitrogens with one attached hydrogen (secondary N) is 1. The topological polar surface area (TPSA) is 84.7 Å². The van der Waals surface area contributed by atoms with Gasteiger partial charge in [-0.2, -0.15) is 0 Å². The molecule has 1 aliphatic heterocycles. The van der Waals surface area contributed by atoms with E-state index in [1.807, 2.05) is 4.90 Å². The summed E-state index contributed by atoms with van der Waals surface area (Å²) in [5.41, 5.74) is 6.61. The second kappa shape index (κ2) is 9.84. The largest absolute Gasteiger partial charge is 0.383 e. The van der Waals surface area contributed by atoms with Crippen molar-refractivity contribution in [2.45, 2.75) is 25.3 Å². The number of anilines is 1. The van der Waals surface area contributed by atoms with E-state index >= 15 is 0 Å². The minimum Gasteiger partial charge on any atom is -0.383 e. The van der Waals surface area contributed by atoms with Crippen LogP contribution in [0, 0.1) is 0 Å². The predicted octanol–water partition coefficient (Wildman–Crippen LogP) is 2.30. The van der Waals surface area contributed by atoms with Crippen molar-refractivity contribution >= 4 is 41.5 Å². The van der Waals surface area contributed by atoms with E-state index < -0.39 is 6.04 Å². The predicted molar refractivity (Wildman–Crippen MR) is 96.9 cm³/mol. The van der Waals surface area contributed by atoms with Crippen molar-refractivity contribution in [1.82, 2.24) is 4.90 Å². The maximum absolute atomic E-state index is 12.5. The minimum absolute atomic E-state index is 0. The Labute approximate surface area is 153 Å². The fourth-order valence-corrected chi connectivity index (χ4v) is 2.79. The van der Waals surface area contributed by atoms with Crippen LogP contribution >= 0.6 is 24.0 Å². The van der Waals surface area contributed by atoms with E-state index in [4.69, 9.17) is 22.1 Å². The molecule has 2 rings (SSSR count). The fraction of sp³-hybridized carbons (Fsp3) is 0.500. The van der Waals surface area contributed by atoms with Gasteiger partial charge in [-0.3, -0.25) is 9.59 Å². The number of halogens is 2. The quantitative estimate of drug-likeness (QED) is 0.826. The molecule has 6 nitrogen and oxygen atoms in total. The van der Waals surface area contributed by atoms with Crippen LogP contribution in [-0.2, 0) is 9.53 Å². The van der Waals surface area contributed by atoms with Crippen molar-refractivity contribution in [3.05, 3.63) is 28.8 Å². The van der Waals surface area contributed by atoms with Gasteiger partial charge in [0, 0.05) is 25.9 Å². The van der Waals surface area contributed by atoms with Crippen molar-refractivity contribution in [1.29, 1.82) is 0 Å². The number of carbonyl (C=O) groups is 2. The van der Waals surface area contributed by atoms with Gasteiger partial charge in [0.05, 0.1) is 17.2 Å². The fourth-order valence-electron chi connectivity index (χ4n) is 2.52. The molecular formula is C16H23Cl2N3O3. The lowest BCUT2D eigenvalue weighted by atomic mass is 10.1. The van der Waals surface area contributed by atoms with E-state index in [1.54, 1.807) is 18.2 Å². The van der Waals surface area contributed by atoms with E-state index in [9.17, 15) is 9.59 Å². The van der Waals surface area contributed by atoms with Gasteiger partial charge in [-0.05, 0) is 37.5 Å². The average Bonchev–Trinajstić information content (AvgIpc) is 2.55. The molecule has 8 heteroatoms. The van der Waals surface area contributed by atoms with E-state index in [0.717, 1.165) is 32.4 Å². The third kappa shape index (κ3) is 5.34. The van der Waals surface area contributed by atoms with Gasteiger partial charge in [-0.25, -0.2) is 0 Å². The number of amides is 2. The molecule has 1 fully saturated rings. The highest BCUT2D eigenvalue weighted by molar-refractivity contribution is 6.34. The molecular weight excluding hydrogens is 353 g/mol. The Morgan fingerprint density at radius 3 is 2.58 bits per heavy atom. The van der Waals surface area contributed by atoms with E-state index in [-0.39, 0.29) is 30.8 Å². The third-order valence-electron chi connectivity index (χ3n) is 3.79. The van der Waals surface area contributed by atoms with Crippen LogP contribution in [0.5, 0.6) is 0 Å². The maximum atomic E-state index is 12.5. The summed E-state index contributed by atoms with van der Waals surface area (Å²) in [5.74, 6) is -0.429. The number of hydrogen-bond acceptors (Lipinski definition) is 4. The molecule has 1 atom stereocenters. The Balaban J connectivity index is 0.00000288. The smallest absolute Gasteiger partial charge is 0.255 e. The average molecular weight is 376 g/mol. The molecule has 3 N–H and O–H groups in total. The molecule has 1 aliphatic rings. The Kier molecular flexibility index (Phi) is 8.48. The molecule has 0 bridgehead atoms. The Morgan fingerprint density at radius 2 is 2.00 bits per heavy atom. The molecule has 2 amide bonds. The van der Waals surface area contributed by atoms with Crippen LogP contribution in [0.4, 0.5) is 5.69 Å². The normalized spacial score (nSPS) is 15.4. The highest BCUT2D eigenvalue weighted by atomic mass is 35.5. The van der Waals surface area contributed by atoms with Crippen molar-refractivity contribution in [2.24, 2.45) is 5.73 Å². The number of carbonyl (C=O) groups excluding carboxylic acids is 2. The molecule has 0 saturated carbocycles. The zero-order chi connectivity index (χ0) is 16.8. The first-order valence-electron chi connectivity index (χ1n) is 7.67. The summed E-state index contributed by atoms with van der Waals surface area (Å²) in [7, 11) is 1.48. The summed E-state index contributed by atoms with van der Waals surface area (Å²) in [6.45, 7) is 1.66. The number of hydrogen-bond donors (Lipinski definition) is 2. The van der Waals surface area contributed by atoms with Crippen molar-refractivity contribution in [3.8, 4) is 0 Å². The summed E-state index contributed by atoms with van der Waals surface area (Å²) < 4.78 is 4.84. The summed E-state index contributed by atoms with van der Waals surface area (Å²) in [6.07, 6.45) is 3.20. The first-order chi connectivity index (χ1) is 11.0. The zero-order valence-electron chi connectivity index (χ0n) is 13.6. The number of nitrogens with zero attached hydrogens (tertiary/aromatic N) is 1. The summed E-state index contributed by atoms with van der Waals surface area (Å²) in [4.78, 5) is 26.1. The number of ether oxygens (including phenoxy) is 1. The summed E-state index contributed by atoms with van der Waals surface area (Å²) in [5, 5.41) is 2.98. The molecule has 134 valence electrons. The lowest BCUT2D eigenvalue weighted by Gasteiger charge is -2.27. The van der Waals surface area contributed by atoms with Crippen molar-refractivity contribution in [2.75, 3.05) is 32.1 Å². The van der Waals surface area contributed by atoms with Crippen LogP contribution in [-0.4, -0.2) is 49.6 Å². The number of piperidine rings is 1. The monoisotopic (exact) mass is 375 g/mol. The molecule has 0 radical (unpaired) electrons. The lowest BCUT2D eigenvalue weighted by molar-refractivity contribution is -0.118. The highest BCUT2D eigenvalue weighted by Gasteiger charge is 2.21. The van der Waals surface area contributed by atoms with Gasteiger partial charge in [-0.15, -0.1) is 12.4 Å². The SMILES string of the molecule is COCC(N)C(=O)Nc1ccc(C(=O)N2CCCCC2)c(Cl)c1.Cl. The molecule has 1 saturated heterocycles. The Hall–Kier alpha value is -1.34. The number of likely N-dealkylation sites (tertiary alicyclic amines) is 1. The molecule has 0 aliphatic carbocycles.